The van der Waals surface area contributed by atoms with Gasteiger partial charge in [0.15, 0.2) is 0 Å². The molecule has 0 fully saturated rings. The first-order valence-corrected chi connectivity index (χ1v) is 7.92. The van der Waals surface area contributed by atoms with Gasteiger partial charge in [-0.25, -0.2) is 5.43 Å². The van der Waals surface area contributed by atoms with E-state index in [2.05, 4.69) is 15.5 Å². The fourth-order valence-electron chi connectivity index (χ4n) is 2.44. The first-order valence-electron chi connectivity index (χ1n) is 7.92. The summed E-state index contributed by atoms with van der Waals surface area (Å²) in [6.07, 6.45) is 1.57. The molecule has 0 spiro atoms. The lowest BCUT2D eigenvalue weighted by Crippen LogP contribution is -2.17. The topological polar surface area (TPSA) is 75.7 Å². The van der Waals surface area contributed by atoms with Gasteiger partial charge < -0.3 is 14.5 Å². The average Bonchev–Trinajstić information content (AvgIpc) is 3.05. The molecule has 0 saturated heterocycles. The van der Waals surface area contributed by atoms with Crippen LogP contribution in [0.25, 0.3) is 10.9 Å². The number of carbonyl (C=O) groups excluding carboxylic acids is 1. The molecule has 2 aromatic carbocycles. The normalized spacial score (nSPS) is 11.0. The van der Waals surface area contributed by atoms with E-state index >= 15 is 0 Å². The Bertz CT molecular complexity index is 915. The predicted octanol–water partition coefficient (Wildman–Crippen LogP) is 3.34. The molecule has 0 atom stereocenters. The van der Waals surface area contributed by atoms with E-state index in [1.165, 1.54) is 0 Å². The van der Waals surface area contributed by atoms with E-state index in [-0.39, 0.29) is 5.91 Å². The number of hydrogen-bond acceptors (Lipinski definition) is 4. The summed E-state index contributed by atoms with van der Waals surface area (Å²) >= 11 is 0. The Labute approximate surface area is 145 Å². The number of hydrogen-bond donors (Lipinski definition) is 2. The smallest absolute Gasteiger partial charge is 0.287 e. The SMILES string of the molecule is CCOc1ccc2[nH]c(C(=O)N/N=C\c3cccc(OC)c3)cc2c1. The summed E-state index contributed by atoms with van der Waals surface area (Å²) in [5.74, 6) is 1.20. The molecule has 3 rings (SSSR count). The van der Waals surface area contributed by atoms with Crippen molar-refractivity contribution < 1.29 is 14.3 Å². The molecule has 1 heterocycles. The zero-order chi connectivity index (χ0) is 17.6. The van der Waals surface area contributed by atoms with Gasteiger partial charge in [-0.3, -0.25) is 4.79 Å². The van der Waals surface area contributed by atoms with Gasteiger partial charge in [0, 0.05) is 10.9 Å². The van der Waals surface area contributed by atoms with Gasteiger partial charge >= 0.3 is 0 Å². The molecule has 1 amide bonds. The minimum Gasteiger partial charge on any atom is -0.497 e. The van der Waals surface area contributed by atoms with Crippen LogP contribution in [0.3, 0.4) is 0 Å². The summed E-state index contributed by atoms with van der Waals surface area (Å²) in [6, 6.07) is 14.8. The fraction of sp³-hybridized carbons (Fsp3) is 0.158. The third-order valence-electron chi connectivity index (χ3n) is 3.62. The fourth-order valence-corrected chi connectivity index (χ4v) is 2.44. The van der Waals surface area contributed by atoms with Gasteiger partial charge in [0.1, 0.15) is 17.2 Å². The highest BCUT2D eigenvalue weighted by atomic mass is 16.5. The van der Waals surface area contributed by atoms with Crippen molar-refractivity contribution >= 4 is 23.0 Å². The van der Waals surface area contributed by atoms with Crippen LogP contribution in [0.5, 0.6) is 11.5 Å². The number of ether oxygens (including phenoxy) is 2. The van der Waals surface area contributed by atoms with Gasteiger partial charge in [-0.15, -0.1) is 0 Å². The van der Waals surface area contributed by atoms with Crippen molar-refractivity contribution in [1.82, 2.24) is 10.4 Å². The number of hydrazone groups is 1. The number of nitrogens with one attached hydrogen (secondary N) is 2. The molecule has 1 aromatic heterocycles. The van der Waals surface area contributed by atoms with Crippen molar-refractivity contribution in [1.29, 1.82) is 0 Å². The molecular formula is C19H19N3O3. The average molecular weight is 337 g/mol. The molecule has 6 heteroatoms. The molecular weight excluding hydrogens is 318 g/mol. The monoisotopic (exact) mass is 337 g/mol. The molecule has 6 nitrogen and oxygen atoms in total. The summed E-state index contributed by atoms with van der Waals surface area (Å²) in [5.41, 5.74) is 4.65. The molecule has 0 saturated carbocycles. The van der Waals surface area contributed by atoms with E-state index in [1.54, 1.807) is 19.4 Å². The highest BCUT2D eigenvalue weighted by Gasteiger charge is 2.09. The minimum atomic E-state index is -0.312. The Hall–Kier alpha value is -3.28. The Kier molecular flexibility index (Phi) is 4.99. The first-order chi connectivity index (χ1) is 12.2. The molecule has 0 bridgehead atoms. The third kappa shape index (κ3) is 3.98. The lowest BCUT2D eigenvalue weighted by Gasteiger charge is -2.01. The Morgan fingerprint density at radius 1 is 1.20 bits per heavy atom. The number of methoxy groups -OCH3 is 1. The molecule has 0 aliphatic heterocycles. The minimum absolute atomic E-state index is 0.312. The molecule has 0 unspecified atom stereocenters. The van der Waals surface area contributed by atoms with Gasteiger partial charge in [0.05, 0.1) is 19.9 Å². The number of fused-ring (bicyclic) bond motifs is 1. The lowest BCUT2D eigenvalue weighted by atomic mass is 10.2. The summed E-state index contributed by atoms with van der Waals surface area (Å²) in [5, 5.41) is 4.90. The van der Waals surface area contributed by atoms with Gasteiger partial charge in [0.25, 0.3) is 5.91 Å². The molecule has 2 N–H and O–H groups in total. The second-order valence-corrected chi connectivity index (χ2v) is 5.34. The first kappa shape index (κ1) is 16.6. The maximum atomic E-state index is 12.2. The van der Waals surface area contributed by atoms with Gasteiger partial charge in [-0.05, 0) is 48.9 Å². The van der Waals surface area contributed by atoms with Gasteiger partial charge in [0.2, 0.25) is 0 Å². The van der Waals surface area contributed by atoms with Crippen LogP contribution in [0, 0.1) is 0 Å². The van der Waals surface area contributed by atoms with Crippen molar-refractivity contribution in [2.75, 3.05) is 13.7 Å². The van der Waals surface area contributed by atoms with Crippen LogP contribution in [-0.4, -0.2) is 30.8 Å². The maximum Gasteiger partial charge on any atom is 0.287 e. The number of H-pyrrole nitrogens is 1. The van der Waals surface area contributed by atoms with Crippen LogP contribution >= 0.6 is 0 Å². The van der Waals surface area contributed by atoms with Crippen molar-refractivity contribution in [2.45, 2.75) is 6.92 Å². The quantitative estimate of drug-likeness (QED) is 0.535. The van der Waals surface area contributed by atoms with E-state index in [4.69, 9.17) is 9.47 Å². The van der Waals surface area contributed by atoms with Crippen molar-refractivity contribution in [3.05, 3.63) is 59.8 Å². The molecule has 0 aliphatic rings. The van der Waals surface area contributed by atoms with Crippen molar-refractivity contribution in [3.8, 4) is 11.5 Å². The van der Waals surface area contributed by atoms with Gasteiger partial charge in [-0.2, -0.15) is 5.10 Å². The summed E-state index contributed by atoms with van der Waals surface area (Å²) in [7, 11) is 1.60. The van der Waals surface area contributed by atoms with E-state index in [1.807, 2.05) is 49.4 Å². The number of benzene rings is 2. The third-order valence-corrected chi connectivity index (χ3v) is 3.62. The molecule has 3 aromatic rings. The van der Waals surface area contributed by atoms with Gasteiger partial charge in [-0.1, -0.05) is 12.1 Å². The van der Waals surface area contributed by atoms with Crippen molar-refractivity contribution in [2.24, 2.45) is 5.10 Å². The van der Waals surface area contributed by atoms with Crippen LogP contribution in [0.15, 0.2) is 53.6 Å². The Morgan fingerprint density at radius 3 is 2.88 bits per heavy atom. The zero-order valence-corrected chi connectivity index (χ0v) is 14.1. The van der Waals surface area contributed by atoms with Crippen LogP contribution in [0.2, 0.25) is 0 Å². The highest BCUT2D eigenvalue weighted by Crippen LogP contribution is 2.21. The number of nitrogens with zero attached hydrogens (tertiary/aromatic N) is 1. The number of amides is 1. The van der Waals surface area contributed by atoms with Crippen LogP contribution in [0.4, 0.5) is 0 Å². The second-order valence-electron chi connectivity index (χ2n) is 5.34. The van der Waals surface area contributed by atoms with Crippen LogP contribution in [-0.2, 0) is 0 Å². The number of aromatic nitrogens is 1. The van der Waals surface area contributed by atoms with Crippen LogP contribution in [0.1, 0.15) is 23.0 Å². The summed E-state index contributed by atoms with van der Waals surface area (Å²) in [6.45, 7) is 2.53. The number of aromatic amines is 1. The predicted molar refractivity (Wildman–Crippen MR) is 97.5 cm³/mol. The number of rotatable bonds is 6. The lowest BCUT2D eigenvalue weighted by molar-refractivity contribution is 0.0951. The maximum absolute atomic E-state index is 12.2. The van der Waals surface area contributed by atoms with E-state index in [9.17, 15) is 4.79 Å². The molecule has 0 radical (unpaired) electrons. The number of carbonyl (C=O) groups is 1. The van der Waals surface area contributed by atoms with Crippen LogP contribution < -0.4 is 14.9 Å². The second kappa shape index (κ2) is 7.53. The van der Waals surface area contributed by atoms with E-state index in [0.29, 0.717) is 12.3 Å². The Balaban J connectivity index is 1.70. The largest absolute Gasteiger partial charge is 0.497 e. The van der Waals surface area contributed by atoms with E-state index < -0.39 is 0 Å². The summed E-state index contributed by atoms with van der Waals surface area (Å²) in [4.78, 5) is 15.3. The molecule has 0 aliphatic carbocycles. The molecule has 25 heavy (non-hydrogen) atoms. The zero-order valence-electron chi connectivity index (χ0n) is 14.1. The van der Waals surface area contributed by atoms with E-state index in [0.717, 1.165) is 28.0 Å². The molecule has 128 valence electrons. The standard InChI is InChI=1S/C19H19N3O3/c1-3-25-16-7-8-17-14(10-16)11-18(21-17)19(23)22-20-12-13-5-4-6-15(9-13)24-2/h4-12,21H,3H2,1-2H3,(H,22,23)/b20-12-. The highest BCUT2D eigenvalue weighted by molar-refractivity contribution is 5.98. The summed E-state index contributed by atoms with van der Waals surface area (Å²) < 4.78 is 10.6. The Morgan fingerprint density at radius 2 is 2.08 bits per heavy atom. The van der Waals surface area contributed by atoms with Crippen molar-refractivity contribution in [3.63, 3.8) is 0 Å².